The van der Waals surface area contributed by atoms with Crippen LogP contribution in [0, 0.1) is 0 Å². The molecule has 0 aliphatic rings. The molecule has 0 aliphatic heterocycles. The van der Waals surface area contributed by atoms with E-state index in [9.17, 15) is 1.37 Å². The van der Waals surface area contributed by atoms with Gasteiger partial charge < -0.3 is 4.57 Å². The highest BCUT2D eigenvalue weighted by Gasteiger charge is 2.18. The maximum absolute atomic E-state index is 9.18. The zero-order valence-corrected chi connectivity index (χ0v) is 30.3. The first-order valence-corrected chi connectivity index (χ1v) is 18.9. The molecule has 4 nitrogen and oxygen atoms in total. The molecule has 0 amide bonds. The highest BCUT2D eigenvalue weighted by atomic mass is 32.1. The molecule has 0 unspecified atom stereocenters. The van der Waals surface area contributed by atoms with E-state index in [-0.39, 0.29) is 34.1 Å². The summed E-state index contributed by atoms with van der Waals surface area (Å²) in [7, 11) is 0. The first-order chi connectivity index (χ1) is 31.5. The van der Waals surface area contributed by atoms with Gasteiger partial charge in [-0.2, -0.15) is 0 Å². The van der Waals surface area contributed by atoms with Crippen LogP contribution in [0.2, 0.25) is 0 Å². The molecule has 8 aromatic carbocycles. The van der Waals surface area contributed by atoms with Gasteiger partial charge in [-0.3, -0.25) is 0 Å². The molecule has 56 heavy (non-hydrogen) atoms. The molecule has 0 spiro atoms. The van der Waals surface area contributed by atoms with Gasteiger partial charge >= 0.3 is 0 Å². The van der Waals surface area contributed by atoms with Crippen molar-refractivity contribution >= 4 is 53.3 Å². The summed E-state index contributed by atoms with van der Waals surface area (Å²) in [6, 6.07) is 41.2. The third kappa shape index (κ3) is 5.48. The van der Waals surface area contributed by atoms with Crippen LogP contribution in [-0.4, -0.2) is 19.5 Å². The Morgan fingerprint density at radius 3 is 1.89 bits per heavy atom. The van der Waals surface area contributed by atoms with Gasteiger partial charge in [0.05, 0.1) is 23.4 Å². The van der Waals surface area contributed by atoms with Gasteiger partial charge in [0.25, 0.3) is 0 Å². The summed E-state index contributed by atoms with van der Waals surface area (Å²) in [5.74, 6) is 1.54. The maximum Gasteiger partial charge on any atom is 0.164 e. The van der Waals surface area contributed by atoms with Crippen molar-refractivity contribution in [2.45, 2.75) is 0 Å². The molecular weight excluding hydrogens is 701 g/mol. The van der Waals surface area contributed by atoms with Gasteiger partial charge in [-0.1, -0.05) is 158 Å². The van der Waals surface area contributed by atoms with Crippen molar-refractivity contribution in [1.29, 1.82) is 0 Å². The summed E-state index contributed by atoms with van der Waals surface area (Å²) in [4.78, 5) is 15.0. The Balaban J connectivity index is 1.09. The van der Waals surface area contributed by atoms with E-state index in [1.165, 1.54) is 15.5 Å². The van der Waals surface area contributed by atoms with E-state index in [2.05, 4.69) is 36.4 Å². The summed E-state index contributed by atoms with van der Waals surface area (Å²) in [6.45, 7) is 0. The molecule has 0 atom stereocenters. The van der Waals surface area contributed by atoms with Crippen LogP contribution in [0.1, 0.15) is 12.3 Å². The van der Waals surface area contributed by atoms with Crippen LogP contribution in [0.5, 0.6) is 0 Å². The third-order valence-corrected chi connectivity index (χ3v) is 11.2. The quantitative estimate of drug-likeness (QED) is 0.170. The van der Waals surface area contributed by atoms with E-state index in [0.29, 0.717) is 34.1 Å². The van der Waals surface area contributed by atoms with E-state index < -0.39 is 42.3 Å². The molecule has 262 valence electrons. The van der Waals surface area contributed by atoms with Crippen molar-refractivity contribution in [1.82, 2.24) is 19.5 Å². The van der Waals surface area contributed by atoms with Gasteiger partial charge in [0.2, 0.25) is 0 Å². The minimum Gasteiger partial charge on any atom is -0.309 e. The standard InChI is InChI=1S/C51H32N4S/c1-3-14-33(15-4-1)40-24-13-25-44-41-22-7-9-26-45(41)55(48(40)44)39-21-12-19-36(31-39)35-18-11-20-37(30-35)50-52-49(34-16-5-2-6-17-34)53-51(54-50)38-28-29-43-42-23-8-10-27-46(42)56-47(43)32-38/h1-32H/i1D,3D,4D,7D,9D,14D,15D,22D,26D. The van der Waals surface area contributed by atoms with Gasteiger partial charge in [-0.15, -0.1) is 11.3 Å². The van der Waals surface area contributed by atoms with Crippen molar-refractivity contribution < 1.29 is 12.3 Å². The molecule has 11 aromatic rings. The van der Waals surface area contributed by atoms with E-state index in [0.717, 1.165) is 32.5 Å². The Hall–Kier alpha value is -7.21. The number of fused-ring (bicyclic) bond motifs is 6. The van der Waals surface area contributed by atoms with Crippen molar-refractivity contribution in [3.05, 3.63) is 194 Å². The number of aromatic nitrogens is 4. The van der Waals surface area contributed by atoms with E-state index in [1.54, 1.807) is 34.1 Å². The summed E-state index contributed by atoms with van der Waals surface area (Å²) < 4.78 is 82.5. The van der Waals surface area contributed by atoms with Crippen LogP contribution in [-0.2, 0) is 0 Å². The highest BCUT2D eigenvalue weighted by molar-refractivity contribution is 7.25. The normalized spacial score (nSPS) is 13.8. The average molecular weight is 742 g/mol. The number of hydrogen-bond acceptors (Lipinski definition) is 4. The molecule has 0 saturated heterocycles. The molecule has 3 aromatic heterocycles. The second kappa shape index (κ2) is 13.3. The highest BCUT2D eigenvalue weighted by Crippen LogP contribution is 2.40. The number of nitrogens with zero attached hydrogens (tertiary/aromatic N) is 4. The SMILES string of the molecule is [2H]c1c([2H])c([2H])c(-c2cccc3c4c([2H])c([2H])c([2H])c([2H])c4n(-c4cccc(-c5cccc(-c6nc(-c7ccccc7)nc(-c7ccc8c(c7)sc7ccccc78)n6)c5)c4)c23)c([2H])c1[2H]. The second-order valence-corrected chi connectivity index (χ2v) is 14.5. The van der Waals surface area contributed by atoms with Crippen molar-refractivity contribution in [3.8, 4) is 62.1 Å². The van der Waals surface area contributed by atoms with E-state index >= 15 is 0 Å². The predicted octanol–water partition coefficient (Wildman–Crippen LogP) is 13.7. The van der Waals surface area contributed by atoms with Crippen LogP contribution in [0.4, 0.5) is 0 Å². The zero-order valence-electron chi connectivity index (χ0n) is 38.5. The van der Waals surface area contributed by atoms with Crippen LogP contribution >= 0.6 is 11.3 Å². The first-order valence-electron chi connectivity index (χ1n) is 22.5. The predicted molar refractivity (Wildman–Crippen MR) is 234 cm³/mol. The molecule has 0 fully saturated rings. The van der Waals surface area contributed by atoms with E-state index in [1.807, 2.05) is 84.9 Å². The largest absolute Gasteiger partial charge is 0.309 e. The Morgan fingerprint density at radius 1 is 0.411 bits per heavy atom. The summed E-state index contributed by atoms with van der Waals surface area (Å²) in [6.07, 6.45) is 0. The van der Waals surface area contributed by atoms with Gasteiger partial charge in [0, 0.05) is 58.9 Å². The van der Waals surface area contributed by atoms with Gasteiger partial charge in [-0.05, 0) is 53.1 Å². The van der Waals surface area contributed by atoms with Gasteiger partial charge in [-0.25, -0.2) is 15.0 Å². The van der Waals surface area contributed by atoms with Crippen LogP contribution in [0.25, 0.3) is 104 Å². The second-order valence-electron chi connectivity index (χ2n) is 13.4. The smallest absolute Gasteiger partial charge is 0.164 e. The van der Waals surface area contributed by atoms with Crippen molar-refractivity contribution in [3.63, 3.8) is 0 Å². The number of hydrogen-bond donors (Lipinski definition) is 0. The fourth-order valence-corrected chi connectivity index (χ4v) is 8.63. The Bertz CT molecular complexity index is 3760. The van der Waals surface area contributed by atoms with Crippen LogP contribution in [0.3, 0.4) is 0 Å². The van der Waals surface area contributed by atoms with Gasteiger partial charge in [0.1, 0.15) is 0 Å². The fourth-order valence-electron chi connectivity index (χ4n) is 7.49. The molecule has 0 aliphatic carbocycles. The molecule has 3 heterocycles. The minimum atomic E-state index is -0.524. The summed E-state index contributed by atoms with van der Waals surface area (Å²) in [5.41, 5.74) is 5.37. The molecule has 0 radical (unpaired) electrons. The number of rotatable bonds is 6. The zero-order chi connectivity index (χ0) is 44.8. The lowest BCUT2D eigenvalue weighted by Crippen LogP contribution is -2.00. The van der Waals surface area contributed by atoms with Gasteiger partial charge in [0.15, 0.2) is 17.5 Å². The number of benzene rings is 8. The maximum atomic E-state index is 9.18. The first kappa shape index (κ1) is 24.2. The lowest BCUT2D eigenvalue weighted by atomic mass is 10.0. The topological polar surface area (TPSA) is 43.6 Å². The fraction of sp³-hybridized carbons (Fsp3) is 0. The van der Waals surface area contributed by atoms with Crippen LogP contribution in [0.15, 0.2) is 194 Å². The summed E-state index contributed by atoms with van der Waals surface area (Å²) in [5, 5.41) is 3.07. The van der Waals surface area contributed by atoms with E-state index in [4.69, 9.17) is 25.9 Å². The average Bonchev–Trinajstić information content (AvgIpc) is 3.90. The monoisotopic (exact) mass is 741 g/mol. The Labute approximate surface area is 340 Å². The molecule has 0 saturated carbocycles. The number of thiophene rings is 1. The summed E-state index contributed by atoms with van der Waals surface area (Å²) >= 11 is 1.73. The molecule has 0 N–H and O–H groups in total. The molecular formula is C51H32N4S. The lowest BCUT2D eigenvalue weighted by Gasteiger charge is -2.14. The van der Waals surface area contributed by atoms with Crippen molar-refractivity contribution in [2.24, 2.45) is 0 Å². The molecule has 11 rings (SSSR count). The van der Waals surface area contributed by atoms with Crippen molar-refractivity contribution in [2.75, 3.05) is 0 Å². The van der Waals surface area contributed by atoms with Crippen LogP contribution < -0.4 is 0 Å². The molecule has 0 bridgehead atoms. The Morgan fingerprint density at radius 2 is 1.04 bits per heavy atom. The third-order valence-electron chi connectivity index (χ3n) is 10.1. The molecule has 5 heteroatoms. The lowest BCUT2D eigenvalue weighted by molar-refractivity contribution is 1.07. The Kier molecular flexibility index (Phi) is 5.75. The number of para-hydroxylation sites is 2. The minimum absolute atomic E-state index is 0.0416.